The van der Waals surface area contributed by atoms with Crippen molar-refractivity contribution in [3.8, 4) is 11.7 Å². The Morgan fingerprint density at radius 2 is 1.95 bits per heavy atom. The molecule has 4 rings (SSSR count). The van der Waals surface area contributed by atoms with Crippen molar-refractivity contribution < 1.29 is 18.7 Å². The average Bonchev–Trinajstić information content (AvgIpc) is 3.41. The van der Waals surface area contributed by atoms with Crippen molar-refractivity contribution in [1.29, 1.82) is 0 Å². The van der Waals surface area contributed by atoms with Gasteiger partial charge in [0.25, 0.3) is 5.91 Å². The summed E-state index contributed by atoms with van der Waals surface area (Å²) in [7, 11) is -1.74. The molecule has 0 saturated heterocycles. The summed E-state index contributed by atoms with van der Waals surface area (Å²) in [6, 6.07) is 6.64. The van der Waals surface area contributed by atoms with Gasteiger partial charge < -0.3 is 19.2 Å². The minimum Gasteiger partial charge on any atom is -0.461 e. The van der Waals surface area contributed by atoms with Crippen LogP contribution < -0.4 is 10.1 Å². The number of carbonyl (C=O) groups is 1. The second-order valence-electron chi connectivity index (χ2n) is 10.8. The Kier molecular flexibility index (Phi) is 11.6. The highest BCUT2D eigenvalue weighted by Gasteiger charge is 2.57. The maximum atomic E-state index is 13.4. The van der Waals surface area contributed by atoms with Crippen LogP contribution in [0.1, 0.15) is 20.8 Å². The molecule has 16 heteroatoms. The zero-order valence-electron chi connectivity index (χ0n) is 24.9. The molecule has 0 aromatic carbocycles. The summed E-state index contributed by atoms with van der Waals surface area (Å²) in [5, 5.41) is 8.42. The van der Waals surface area contributed by atoms with Crippen molar-refractivity contribution in [2.24, 2.45) is 0 Å². The largest absolute Gasteiger partial charge is 0.461 e. The summed E-state index contributed by atoms with van der Waals surface area (Å²) < 4.78 is 20.2. The fourth-order valence-corrected chi connectivity index (χ4v) is 18.9. The minimum atomic E-state index is -2.22. The van der Waals surface area contributed by atoms with Crippen molar-refractivity contribution in [3.63, 3.8) is 0 Å². The van der Waals surface area contributed by atoms with Crippen LogP contribution in [0, 0.1) is 0 Å². The van der Waals surface area contributed by atoms with Gasteiger partial charge in [0.05, 0.1) is 61.9 Å². The van der Waals surface area contributed by atoms with E-state index in [2.05, 4.69) is 70.4 Å². The standard InChI is InChI=1S/C28H33Cl2N7O4P2Si/c1-28(2,3)44(18-42-4,43(5)6)40-13-12-39-16-22(26(38)36-23-10-9-19(29)14-32-23)41-27-20-15-35-37(24(20)33-17-34-27)25-21(30)8-7-11-31-25/h7-11,14-15,17,22H,4-5,12-13,16,18H2,1-3,6H3/p+1. The zero-order chi connectivity index (χ0) is 31.9. The molecule has 0 aliphatic carbocycles. The predicted molar refractivity (Wildman–Crippen MR) is 183 cm³/mol. The Bertz CT molecular complexity index is 1640. The summed E-state index contributed by atoms with van der Waals surface area (Å²) in [5.41, 5.74) is 0.404. The number of halogens is 2. The summed E-state index contributed by atoms with van der Waals surface area (Å²) in [4.78, 5) is 30.5. The van der Waals surface area contributed by atoms with Crippen molar-refractivity contribution in [2.75, 3.05) is 37.6 Å². The molecule has 4 aromatic heterocycles. The first-order valence-electron chi connectivity index (χ1n) is 13.5. The molecule has 4 aromatic rings. The van der Waals surface area contributed by atoms with Gasteiger partial charge in [-0.05, 0) is 24.3 Å². The summed E-state index contributed by atoms with van der Waals surface area (Å²) >= 11 is 12.3. The number of carbonyl (C=O) groups excluding carboxylic acids is 1. The van der Waals surface area contributed by atoms with E-state index in [1.165, 1.54) is 23.4 Å². The number of anilines is 1. The summed E-state index contributed by atoms with van der Waals surface area (Å²) in [6.07, 6.45) is 13.2. The van der Waals surface area contributed by atoms with E-state index in [-0.39, 0.29) is 24.1 Å². The third-order valence-corrected chi connectivity index (χ3v) is 21.5. The van der Waals surface area contributed by atoms with Crippen molar-refractivity contribution in [3.05, 3.63) is 59.2 Å². The molecule has 0 saturated carbocycles. The average molecular weight is 694 g/mol. The van der Waals surface area contributed by atoms with Crippen LogP contribution in [0.5, 0.6) is 5.88 Å². The second-order valence-corrected chi connectivity index (χ2v) is 22.5. The van der Waals surface area contributed by atoms with Gasteiger partial charge in [0.15, 0.2) is 11.5 Å². The van der Waals surface area contributed by atoms with Gasteiger partial charge in [-0.25, -0.2) is 19.9 Å². The van der Waals surface area contributed by atoms with Crippen LogP contribution in [0.3, 0.4) is 0 Å². The molecule has 232 valence electrons. The Balaban J connectivity index is 1.53. The van der Waals surface area contributed by atoms with Crippen LogP contribution in [0.15, 0.2) is 49.2 Å². The quantitative estimate of drug-likeness (QED) is 0.0957. The normalized spacial score (nSPS) is 14.3. The Morgan fingerprint density at radius 3 is 2.61 bits per heavy atom. The van der Waals surface area contributed by atoms with Crippen molar-refractivity contribution >= 4 is 81.8 Å². The molecule has 0 aliphatic rings. The lowest BCUT2D eigenvalue weighted by molar-refractivity contribution is -0.125. The fraction of sp³-hybridized carbons (Fsp3) is 0.357. The molecular formula is C28H34Cl2N7O4P2Si+. The maximum Gasteiger partial charge on any atom is 0.442 e. The van der Waals surface area contributed by atoms with Gasteiger partial charge in [-0.15, -0.1) is 8.20 Å². The van der Waals surface area contributed by atoms with Crippen LogP contribution >= 0.6 is 38.5 Å². The highest BCUT2D eigenvalue weighted by molar-refractivity contribution is 7.93. The molecule has 44 heavy (non-hydrogen) atoms. The third kappa shape index (κ3) is 7.87. The first kappa shape index (κ1) is 34.1. The monoisotopic (exact) mass is 692 g/mol. The molecule has 1 amide bonds. The molecule has 1 N–H and O–H groups in total. The lowest BCUT2D eigenvalue weighted by atomic mass is 10.3. The zero-order valence-corrected chi connectivity index (χ0v) is 29.2. The minimum absolute atomic E-state index is 0.0146. The third-order valence-electron chi connectivity index (χ3n) is 6.75. The van der Waals surface area contributed by atoms with Crippen LogP contribution in [0.25, 0.3) is 16.9 Å². The topological polar surface area (TPSA) is 126 Å². The van der Waals surface area contributed by atoms with Gasteiger partial charge in [0, 0.05) is 17.4 Å². The van der Waals surface area contributed by atoms with Crippen LogP contribution in [-0.2, 0) is 14.0 Å². The number of aromatic nitrogens is 6. The van der Waals surface area contributed by atoms with E-state index in [4.69, 9.17) is 37.1 Å². The van der Waals surface area contributed by atoms with E-state index in [9.17, 15) is 4.79 Å². The number of fused-ring (bicyclic) bond motifs is 1. The molecule has 0 spiro atoms. The number of ether oxygens (including phenoxy) is 2. The second kappa shape index (κ2) is 15.0. The lowest BCUT2D eigenvalue weighted by Crippen LogP contribution is -2.47. The number of hydrogen-bond acceptors (Lipinski definition) is 9. The van der Waals surface area contributed by atoms with E-state index >= 15 is 0 Å². The van der Waals surface area contributed by atoms with E-state index in [1.54, 1.807) is 30.5 Å². The number of nitrogens with zero attached hydrogens (tertiary/aromatic N) is 6. The van der Waals surface area contributed by atoms with E-state index < -0.39 is 27.1 Å². The molecule has 3 atom stereocenters. The highest BCUT2D eigenvalue weighted by Crippen LogP contribution is 2.51. The molecule has 0 fully saturated rings. The number of rotatable bonds is 14. The Hall–Kier alpha value is -2.82. The molecule has 0 bridgehead atoms. The van der Waals surface area contributed by atoms with Gasteiger partial charge in [0.1, 0.15) is 17.5 Å². The van der Waals surface area contributed by atoms with Gasteiger partial charge >= 0.3 is 7.98 Å². The Labute approximate surface area is 269 Å². The summed E-state index contributed by atoms with van der Waals surface area (Å²) in [6.45, 7) is 9.33. The first-order chi connectivity index (χ1) is 21.0. The number of nitrogens with one attached hydrogen (secondary N) is 1. The van der Waals surface area contributed by atoms with Crippen LogP contribution in [0.4, 0.5) is 5.82 Å². The van der Waals surface area contributed by atoms with E-state index in [0.717, 1.165) is 14.0 Å². The van der Waals surface area contributed by atoms with Gasteiger partial charge in [0.2, 0.25) is 12.0 Å². The first-order valence-corrected chi connectivity index (χ1v) is 20.5. The van der Waals surface area contributed by atoms with E-state index in [1.807, 2.05) is 0 Å². The molecule has 3 unspecified atom stereocenters. The summed E-state index contributed by atoms with van der Waals surface area (Å²) in [5.74, 6) is 1.25. The molecule has 0 aliphatic heterocycles. The van der Waals surface area contributed by atoms with Crippen LogP contribution in [-0.4, -0.2) is 94.6 Å². The molecular weight excluding hydrogens is 659 g/mol. The molecule has 11 nitrogen and oxygen atoms in total. The molecule has 4 heterocycles. The fourth-order valence-electron chi connectivity index (χ4n) is 4.47. The smallest absolute Gasteiger partial charge is 0.442 e. The maximum absolute atomic E-state index is 13.4. The van der Waals surface area contributed by atoms with Crippen molar-refractivity contribution in [2.45, 2.75) is 31.9 Å². The highest BCUT2D eigenvalue weighted by atomic mass is 35.5. The SMILES string of the molecule is C=PC[Si](OCCOCC(Oc1ncnc2c1cnn2-c1ncccc1Cl)C(=O)Nc1ccc(Cl)cn1)([P+](=C)C)C(C)(C)C. The predicted octanol–water partition coefficient (Wildman–Crippen LogP) is 6.04. The van der Waals surface area contributed by atoms with Crippen LogP contribution in [0.2, 0.25) is 15.1 Å². The van der Waals surface area contributed by atoms with Gasteiger partial charge in [-0.2, -0.15) is 9.78 Å². The van der Waals surface area contributed by atoms with Gasteiger partial charge in [-0.1, -0.05) is 50.3 Å². The molecule has 0 radical (unpaired) electrons. The van der Waals surface area contributed by atoms with Crippen molar-refractivity contribution in [1.82, 2.24) is 29.7 Å². The number of pyridine rings is 2. The number of hydrogen-bond donors (Lipinski definition) is 1. The number of amides is 1. The lowest BCUT2D eigenvalue weighted by Gasteiger charge is -2.33. The van der Waals surface area contributed by atoms with Gasteiger partial charge in [-0.3, -0.25) is 4.79 Å². The Morgan fingerprint density at radius 1 is 1.16 bits per heavy atom. The van der Waals surface area contributed by atoms with E-state index in [0.29, 0.717) is 39.3 Å².